The minimum absolute atomic E-state index is 0.188. The molecule has 2 aromatic carbocycles. The van der Waals surface area contributed by atoms with Gasteiger partial charge in [-0.3, -0.25) is 14.7 Å². The predicted molar refractivity (Wildman–Crippen MR) is 130 cm³/mol. The number of methoxy groups -OCH3 is 1. The van der Waals surface area contributed by atoms with E-state index in [2.05, 4.69) is 40.3 Å². The van der Waals surface area contributed by atoms with E-state index in [1.807, 2.05) is 52.3 Å². The maximum atomic E-state index is 13.1. The van der Waals surface area contributed by atoms with Gasteiger partial charge in [0.1, 0.15) is 11.7 Å². The first-order chi connectivity index (χ1) is 16.2. The highest BCUT2D eigenvalue weighted by molar-refractivity contribution is 5.67. The van der Waals surface area contributed by atoms with Gasteiger partial charge < -0.3 is 4.74 Å². The normalized spacial score (nSPS) is 18.4. The molecule has 0 spiro atoms. The highest BCUT2D eigenvalue weighted by atomic mass is 16.5. The van der Waals surface area contributed by atoms with E-state index in [0.29, 0.717) is 17.9 Å². The predicted octanol–water partition coefficient (Wildman–Crippen LogP) is 3.94. The Labute approximate surface area is 193 Å². The van der Waals surface area contributed by atoms with Gasteiger partial charge >= 0.3 is 0 Å². The molecule has 0 fully saturated rings. The first-order valence-corrected chi connectivity index (χ1v) is 11.2. The number of rotatable bonds is 6. The van der Waals surface area contributed by atoms with Crippen molar-refractivity contribution in [3.63, 3.8) is 0 Å². The van der Waals surface area contributed by atoms with Gasteiger partial charge in [0, 0.05) is 44.4 Å². The van der Waals surface area contributed by atoms with E-state index in [4.69, 9.17) is 9.84 Å². The lowest BCUT2D eigenvalue weighted by molar-refractivity contribution is 0.290. The van der Waals surface area contributed by atoms with Crippen LogP contribution in [-0.4, -0.2) is 41.1 Å². The first-order valence-electron chi connectivity index (χ1n) is 11.2. The summed E-state index contributed by atoms with van der Waals surface area (Å²) in [6.45, 7) is 2.68. The number of nitrogens with zero attached hydrogens (tertiary/aromatic N) is 5. The summed E-state index contributed by atoms with van der Waals surface area (Å²) in [5.74, 6) is 0.299. The topological polar surface area (TPSA) is 63.0 Å². The fraction of sp³-hybridized carbons (Fsp3) is 0.269. The standard InChI is InChI=1S/C26H27N5O2/c1-33-24-19-30(21-13-16-29(17-14-21)18-20-8-4-2-5-9-20)28-25(26(24)32)23-12-15-27-31(23)22-10-6-3-7-11-22/h2-11,13,15,19,23H,12,14,16-18H2,1H3. The van der Waals surface area contributed by atoms with E-state index >= 15 is 0 Å². The molecule has 3 aromatic rings. The van der Waals surface area contributed by atoms with Gasteiger partial charge in [-0.05, 0) is 23.8 Å². The number of ether oxygens (including phenoxy) is 1. The van der Waals surface area contributed by atoms with Crippen LogP contribution in [0.5, 0.6) is 5.75 Å². The van der Waals surface area contributed by atoms with Crippen molar-refractivity contribution in [3.8, 4) is 5.75 Å². The van der Waals surface area contributed by atoms with Crippen molar-refractivity contribution in [2.24, 2.45) is 5.10 Å². The molecular formula is C26H27N5O2. The number of hydrogen-bond donors (Lipinski definition) is 0. The molecule has 2 aliphatic heterocycles. The van der Waals surface area contributed by atoms with E-state index in [1.165, 1.54) is 12.7 Å². The summed E-state index contributed by atoms with van der Waals surface area (Å²) in [5, 5.41) is 11.2. The number of benzene rings is 2. The van der Waals surface area contributed by atoms with E-state index in [-0.39, 0.29) is 11.5 Å². The molecule has 0 amide bonds. The van der Waals surface area contributed by atoms with Gasteiger partial charge in [0.15, 0.2) is 5.75 Å². The molecule has 0 aliphatic carbocycles. The van der Waals surface area contributed by atoms with Crippen LogP contribution in [-0.2, 0) is 6.54 Å². The summed E-state index contributed by atoms with van der Waals surface area (Å²) in [6, 6.07) is 20.1. The number of aromatic nitrogens is 2. The lowest BCUT2D eigenvalue weighted by Gasteiger charge is -2.28. The van der Waals surface area contributed by atoms with Crippen molar-refractivity contribution in [2.75, 3.05) is 25.2 Å². The maximum Gasteiger partial charge on any atom is 0.247 e. The van der Waals surface area contributed by atoms with Crippen LogP contribution >= 0.6 is 0 Å². The number of hydrazone groups is 1. The van der Waals surface area contributed by atoms with Crippen LogP contribution in [0.4, 0.5) is 5.69 Å². The highest BCUT2D eigenvalue weighted by Gasteiger charge is 2.30. The molecule has 168 valence electrons. The van der Waals surface area contributed by atoms with Gasteiger partial charge in [-0.2, -0.15) is 10.2 Å². The summed E-state index contributed by atoms with van der Waals surface area (Å²) >= 11 is 0. The maximum absolute atomic E-state index is 13.1. The molecular weight excluding hydrogens is 414 g/mol. The molecule has 1 unspecified atom stereocenters. The Kier molecular flexibility index (Phi) is 6.04. The monoisotopic (exact) mass is 441 g/mol. The lowest BCUT2D eigenvalue weighted by atomic mass is 10.1. The van der Waals surface area contributed by atoms with Crippen molar-refractivity contribution in [3.05, 3.63) is 94.4 Å². The molecule has 0 N–H and O–H groups in total. The second-order valence-corrected chi connectivity index (χ2v) is 8.25. The molecule has 0 bridgehead atoms. The lowest BCUT2D eigenvalue weighted by Crippen LogP contribution is -2.31. The van der Waals surface area contributed by atoms with Crippen LogP contribution in [0.1, 0.15) is 30.1 Å². The van der Waals surface area contributed by atoms with Gasteiger partial charge in [-0.25, -0.2) is 4.68 Å². The third-order valence-corrected chi connectivity index (χ3v) is 6.11. The Hall–Kier alpha value is -3.71. The number of para-hydroxylation sites is 1. The van der Waals surface area contributed by atoms with Crippen LogP contribution in [0, 0.1) is 0 Å². The Morgan fingerprint density at radius 3 is 2.52 bits per heavy atom. The number of anilines is 1. The quantitative estimate of drug-likeness (QED) is 0.580. The summed E-state index contributed by atoms with van der Waals surface area (Å²) in [5.41, 5.74) is 3.57. The Balaban J connectivity index is 1.42. The van der Waals surface area contributed by atoms with Gasteiger partial charge in [-0.15, -0.1) is 0 Å². The minimum Gasteiger partial charge on any atom is -0.491 e. The first kappa shape index (κ1) is 21.2. The fourth-order valence-electron chi connectivity index (χ4n) is 4.36. The van der Waals surface area contributed by atoms with Gasteiger partial charge in [0.2, 0.25) is 5.43 Å². The second kappa shape index (κ2) is 9.42. The molecule has 0 saturated carbocycles. The molecule has 7 heteroatoms. The van der Waals surface area contributed by atoms with Crippen molar-refractivity contribution in [1.82, 2.24) is 14.7 Å². The van der Waals surface area contributed by atoms with Gasteiger partial charge in [0.25, 0.3) is 0 Å². The van der Waals surface area contributed by atoms with Crippen LogP contribution < -0.4 is 15.2 Å². The van der Waals surface area contributed by atoms with Crippen LogP contribution in [0.3, 0.4) is 0 Å². The highest BCUT2D eigenvalue weighted by Crippen LogP contribution is 2.31. The number of hydrogen-bond acceptors (Lipinski definition) is 6. The summed E-state index contributed by atoms with van der Waals surface area (Å²) in [7, 11) is 1.53. The molecule has 0 saturated heterocycles. The SMILES string of the molecule is COc1cn(C2=CCN(Cc3ccccc3)CC2)nc(C2CC=NN2c2ccccc2)c1=O. The van der Waals surface area contributed by atoms with Crippen molar-refractivity contribution in [2.45, 2.75) is 25.4 Å². The molecule has 3 heterocycles. The van der Waals surface area contributed by atoms with Crippen molar-refractivity contribution in [1.29, 1.82) is 0 Å². The van der Waals surface area contributed by atoms with Crippen molar-refractivity contribution < 1.29 is 4.74 Å². The molecule has 33 heavy (non-hydrogen) atoms. The average Bonchev–Trinajstić information content (AvgIpc) is 3.36. The Morgan fingerprint density at radius 2 is 1.82 bits per heavy atom. The Bertz CT molecular complexity index is 1220. The van der Waals surface area contributed by atoms with Gasteiger partial charge in [0.05, 0.1) is 19.0 Å². The minimum atomic E-state index is -0.264. The summed E-state index contributed by atoms with van der Waals surface area (Å²) < 4.78 is 7.26. The van der Waals surface area contributed by atoms with E-state index in [0.717, 1.165) is 37.4 Å². The zero-order valence-electron chi connectivity index (χ0n) is 18.7. The second-order valence-electron chi connectivity index (χ2n) is 8.25. The van der Waals surface area contributed by atoms with Crippen LogP contribution in [0.25, 0.3) is 5.70 Å². The fourth-order valence-corrected chi connectivity index (χ4v) is 4.36. The average molecular weight is 442 g/mol. The smallest absolute Gasteiger partial charge is 0.247 e. The van der Waals surface area contributed by atoms with Crippen LogP contribution in [0.2, 0.25) is 0 Å². The molecule has 0 radical (unpaired) electrons. The third kappa shape index (κ3) is 4.45. The molecule has 1 aromatic heterocycles. The molecule has 5 rings (SSSR count). The third-order valence-electron chi connectivity index (χ3n) is 6.11. The van der Waals surface area contributed by atoms with E-state index < -0.39 is 0 Å². The zero-order valence-corrected chi connectivity index (χ0v) is 18.7. The van der Waals surface area contributed by atoms with Crippen molar-refractivity contribution >= 4 is 17.6 Å². The largest absolute Gasteiger partial charge is 0.491 e. The zero-order chi connectivity index (χ0) is 22.6. The van der Waals surface area contributed by atoms with E-state index in [9.17, 15) is 4.79 Å². The Morgan fingerprint density at radius 1 is 1.06 bits per heavy atom. The van der Waals surface area contributed by atoms with E-state index in [1.54, 1.807) is 6.20 Å². The molecule has 1 atom stereocenters. The van der Waals surface area contributed by atoms with Crippen LogP contribution in [0.15, 0.2) is 82.8 Å². The summed E-state index contributed by atoms with van der Waals surface area (Å²) in [6.07, 6.45) is 7.19. The summed E-state index contributed by atoms with van der Waals surface area (Å²) in [4.78, 5) is 15.5. The van der Waals surface area contributed by atoms with Gasteiger partial charge in [-0.1, -0.05) is 48.5 Å². The molecule has 7 nitrogen and oxygen atoms in total. The molecule has 2 aliphatic rings.